The lowest BCUT2D eigenvalue weighted by Gasteiger charge is -2.39. The number of hydrogen-bond donors (Lipinski definition) is 1. The Bertz CT molecular complexity index is 1170. The van der Waals surface area contributed by atoms with Crippen LogP contribution in [0, 0.1) is 12.8 Å². The highest BCUT2D eigenvalue weighted by molar-refractivity contribution is 5.94. The van der Waals surface area contributed by atoms with Crippen LogP contribution in [0.3, 0.4) is 0 Å². The molecule has 6 heteroatoms. The quantitative estimate of drug-likeness (QED) is 0.366. The van der Waals surface area contributed by atoms with Gasteiger partial charge < -0.3 is 24.1 Å². The van der Waals surface area contributed by atoms with Gasteiger partial charge in [0.1, 0.15) is 11.5 Å². The van der Waals surface area contributed by atoms with Crippen molar-refractivity contribution in [3.63, 3.8) is 0 Å². The van der Waals surface area contributed by atoms with Crippen LogP contribution >= 0.6 is 0 Å². The molecular weight excluding hydrogens is 464 g/mol. The Labute approximate surface area is 220 Å². The van der Waals surface area contributed by atoms with Crippen LogP contribution < -0.4 is 5.32 Å². The van der Waals surface area contributed by atoms with Gasteiger partial charge in [0.2, 0.25) is 0 Å². The van der Waals surface area contributed by atoms with Gasteiger partial charge in [-0.15, -0.1) is 0 Å². The minimum Gasteiger partial charge on any atom is -0.461 e. The second kappa shape index (κ2) is 11.1. The molecule has 1 spiro atoms. The third-order valence-corrected chi connectivity index (χ3v) is 7.79. The van der Waals surface area contributed by atoms with E-state index < -0.39 is 5.79 Å². The fourth-order valence-corrected chi connectivity index (χ4v) is 5.74. The summed E-state index contributed by atoms with van der Waals surface area (Å²) in [7, 11) is 1.85. The molecule has 1 saturated carbocycles. The predicted octanol–water partition coefficient (Wildman–Crippen LogP) is 6.82. The van der Waals surface area contributed by atoms with Crippen molar-refractivity contribution in [2.75, 3.05) is 32.1 Å². The van der Waals surface area contributed by atoms with Crippen LogP contribution in [0.2, 0.25) is 0 Å². The molecule has 37 heavy (non-hydrogen) atoms. The molecule has 1 atom stereocenters. The number of nitrogens with one attached hydrogen (secondary N) is 1. The van der Waals surface area contributed by atoms with Crippen LogP contribution in [0.4, 0.5) is 5.69 Å². The van der Waals surface area contributed by atoms with Crippen molar-refractivity contribution in [2.45, 2.75) is 57.8 Å². The summed E-state index contributed by atoms with van der Waals surface area (Å²) < 4.78 is 18.3. The van der Waals surface area contributed by atoms with Crippen LogP contribution in [-0.4, -0.2) is 43.4 Å². The monoisotopic (exact) mass is 502 g/mol. The first kappa shape index (κ1) is 25.6. The van der Waals surface area contributed by atoms with E-state index in [-0.39, 0.29) is 11.9 Å². The standard InChI is InChI=1S/C31H38N2O4/c1-4-18-33(3)30(34)25-10-12-26(13-11-25)32-29(24-14-16-31(17-15-24)35-19-20-36-31)27-21-28(37-22(27)2)23-8-6-5-7-9-23/h5-13,21,24,29,32H,4,14-20H2,1-3H3. The van der Waals surface area contributed by atoms with Crippen molar-refractivity contribution >= 4 is 11.6 Å². The SMILES string of the molecule is CCCN(C)C(=O)c1ccc(NC(c2cc(-c3ccccc3)oc2C)C2CCC3(CC2)OCCO3)cc1. The van der Waals surface area contributed by atoms with Crippen molar-refractivity contribution in [1.29, 1.82) is 0 Å². The van der Waals surface area contributed by atoms with E-state index in [1.165, 1.54) is 5.56 Å². The number of rotatable bonds is 8. The van der Waals surface area contributed by atoms with Gasteiger partial charge in [0.15, 0.2) is 5.79 Å². The van der Waals surface area contributed by atoms with E-state index in [1.807, 2.05) is 49.5 Å². The zero-order chi connectivity index (χ0) is 25.8. The first-order chi connectivity index (χ1) is 18.0. The second-order valence-electron chi connectivity index (χ2n) is 10.4. The van der Waals surface area contributed by atoms with Gasteiger partial charge >= 0.3 is 0 Å². The average Bonchev–Trinajstić information content (AvgIpc) is 3.55. The van der Waals surface area contributed by atoms with Crippen LogP contribution in [0.15, 0.2) is 65.1 Å². The largest absolute Gasteiger partial charge is 0.461 e. The van der Waals surface area contributed by atoms with Crippen LogP contribution in [-0.2, 0) is 9.47 Å². The van der Waals surface area contributed by atoms with Crippen LogP contribution in [0.25, 0.3) is 11.3 Å². The number of benzene rings is 2. The topological polar surface area (TPSA) is 63.9 Å². The molecule has 0 bridgehead atoms. The minimum atomic E-state index is -0.395. The normalized spacial score (nSPS) is 18.1. The van der Waals surface area contributed by atoms with Gasteiger partial charge in [-0.1, -0.05) is 37.3 Å². The first-order valence-electron chi connectivity index (χ1n) is 13.5. The molecule has 1 aliphatic carbocycles. The lowest BCUT2D eigenvalue weighted by Crippen LogP contribution is -2.37. The highest BCUT2D eigenvalue weighted by atomic mass is 16.7. The molecule has 0 radical (unpaired) electrons. The Kier molecular flexibility index (Phi) is 7.68. The Hall–Kier alpha value is -3.09. The van der Waals surface area contributed by atoms with Crippen molar-refractivity contribution in [2.24, 2.45) is 5.92 Å². The van der Waals surface area contributed by atoms with Gasteiger partial charge in [0.05, 0.1) is 19.3 Å². The molecule has 5 rings (SSSR count). The number of aryl methyl sites for hydroxylation is 1. The van der Waals surface area contributed by atoms with Gasteiger partial charge in [0.25, 0.3) is 5.91 Å². The number of amides is 1. The summed E-state index contributed by atoms with van der Waals surface area (Å²) in [5, 5.41) is 3.80. The summed E-state index contributed by atoms with van der Waals surface area (Å²) in [6.07, 6.45) is 4.74. The summed E-state index contributed by atoms with van der Waals surface area (Å²) in [6, 6.07) is 20.4. The van der Waals surface area contributed by atoms with Crippen LogP contribution in [0.1, 0.15) is 66.8 Å². The Balaban J connectivity index is 1.40. The number of carbonyl (C=O) groups excluding carboxylic acids is 1. The van der Waals surface area contributed by atoms with E-state index >= 15 is 0 Å². The molecule has 196 valence electrons. The summed E-state index contributed by atoms with van der Waals surface area (Å²) >= 11 is 0. The van der Waals surface area contributed by atoms with Crippen molar-refractivity contribution in [1.82, 2.24) is 4.90 Å². The molecule has 1 amide bonds. The number of carbonyl (C=O) groups is 1. The third-order valence-electron chi connectivity index (χ3n) is 7.79. The number of hydrogen-bond acceptors (Lipinski definition) is 5. The molecule has 2 aliphatic rings. The molecule has 2 aromatic carbocycles. The molecule has 1 N–H and O–H groups in total. The summed E-state index contributed by atoms with van der Waals surface area (Å²) in [6.45, 7) is 6.25. The van der Waals surface area contributed by atoms with Gasteiger partial charge in [-0.3, -0.25) is 4.79 Å². The molecular formula is C31H38N2O4. The zero-order valence-corrected chi connectivity index (χ0v) is 22.2. The lowest BCUT2D eigenvalue weighted by atomic mass is 9.78. The van der Waals surface area contributed by atoms with E-state index in [1.54, 1.807) is 4.90 Å². The number of ether oxygens (including phenoxy) is 2. The molecule has 1 unspecified atom stereocenters. The predicted molar refractivity (Wildman–Crippen MR) is 146 cm³/mol. The maximum atomic E-state index is 12.7. The van der Waals surface area contributed by atoms with Gasteiger partial charge in [-0.05, 0) is 62.4 Å². The van der Waals surface area contributed by atoms with E-state index in [2.05, 4.69) is 37.4 Å². The van der Waals surface area contributed by atoms with Gasteiger partial charge in [-0.2, -0.15) is 0 Å². The molecule has 2 fully saturated rings. The number of furan rings is 1. The highest BCUT2D eigenvalue weighted by Crippen LogP contribution is 2.45. The average molecular weight is 503 g/mol. The fourth-order valence-electron chi connectivity index (χ4n) is 5.74. The Morgan fingerprint density at radius 1 is 1.05 bits per heavy atom. The van der Waals surface area contributed by atoms with Crippen molar-refractivity contribution < 1.29 is 18.7 Å². The van der Waals surface area contributed by atoms with Crippen molar-refractivity contribution in [3.05, 3.63) is 77.6 Å². The van der Waals surface area contributed by atoms with E-state index in [4.69, 9.17) is 13.9 Å². The van der Waals surface area contributed by atoms with Gasteiger partial charge in [0, 0.05) is 48.8 Å². The van der Waals surface area contributed by atoms with Crippen molar-refractivity contribution in [3.8, 4) is 11.3 Å². The number of anilines is 1. The minimum absolute atomic E-state index is 0.0530. The van der Waals surface area contributed by atoms with E-state index in [0.717, 1.165) is 61.4 Å². The Morgan fingerprint density at radius 3 is 2.38 bits per heavy atom. The van der Waals surface area contributed by atoms with Gasteiger partial charge in [-0.25, -0.2) is 0 Å². The fraction of sp³-hybridized carbons (Fsp3) is 0.452. The molecule has 2 heterocycles. The third kappa shape index (κ3) is 5.60. The summed E-state index contributed by atoms with van der Waals surface area (Å²) in [4.78, 5) is 14.5. The molecule has 6 nitrogen and oxygen atoms in total. The summed E-state index contributed by atoms with van der Waals surface area (Å²) in [5.74, 6) is 1.87. The molecule has 1 aromatic heterocycles. The lowest BCUT2D eigenvalue weighted by molar-refractivity contribution is -0.183. The molecule has 3 aromatic rings. The number of nitrogens with zero attached hydrogens (tertiary/aromatic N) is 1. The molecule has 1 aliphatic heterocycles. The van der Waals surface area contributed by atoms with E-state index in [9.17, 15) is 4.79 Å². The molecule has 1 saturated heterocycles. The maximum absolute atomic E-state index is 12.7. The second-order valence-corrected chi connectivity index (χ2v) is 10.4. The van der Waals surface area contributed by atoms with E-state index in [0.29, 0.717) is 24.7 Å². The smallest absolute Gasteiger partial charge is 0.253 e. The first-order valence-corrected chi connectivity index (χ1v) is 13.5. The maximum Gasteiger partial charge on any atom is 0.253 e. The summed E-state index contributed by atoms with van der Waals surface area (Å²) in [5.41, 5.74) is 3.95. The highest BCUT2D eigenvalue weighted by Gasteiger charge is 2.42. The van der Waals surface area contributed by atoms with Crippen LogP contribution in [0.5, 0.6) is 0 Å². The zero-order valence-electron chi connectivity index (χ0n) is 22.2. The Morgan fingerprint density at radius 2 is 1.73 bits per heavy atom.